The maximum atomic E-state index is 11.2. The first-order valence-corrected chi connectivity index (χ1v) is 3.88. The minimum Gasteiger partial charge on any atom is -0.465 e. The normalized spacial score (nSPS) is 9.71. The van der Waals surface area contributed by atoms with Crippen molar-refractivity contribution in [1.82, 2.24) is 4.98 Å². The van der Waals surface area contributed by atoms with E-state index < -0.39 is 5.97 Å². The Hall–Kier alpha value is -2.15. The SMILES string of the molecule is COC(=O)c1ccncc1C=CC#N. The summed E-state index contributed by atoms with van der Waals surface area (Å²) < 4.78 is 4.57. The molecule has 70 valence electrons. The van der Waals surface area contributed by atoms with Gasteiger partial charge in [-0.15, -0.1) is 0 Å². The third kappa shape index (κ3) is 2.17. The number of esters is 1. The van der Waals surface area contributed by atoms with E-state index in [0.29, 0.717) is 11.1 Å². The molecule has 0 radical (unpaired) electrons. The third-order valence-electron chi connectivity index (χ3n) is 1.59. The van der Waals surface area contributed by atoms with Gasteiger partial charge in [0.15, 0.2) is 0 Å². The van der Waals surface area contributed by atoms with Gasteiger partial charge in [0.05, 0.1) is 18.7 Å². The zero-order valence-electron chi connectivity index (χ0n) is 7.60. The molecule has 4 heteroatoms. The number of allylic oxidation sites excluding steroid dienone is 1. The Bertz CT molecular complexity index is 405. The summed E-state index contributed by atoms with van der Waals surface area (Å²) >= 11 is 0. The minimum absolute atomic E-state index is 0.397. The Labute approximate surface area is 81.5 Å². The van der Waals surface area contributed by atoms with Crippen molar-refractivity contribution in [2.45, 2.75) is 0 Å². The molecule has 1 aromatic heterocycles. The molecule has 0 fully saturated rings. The molecular formula is C10H8N2O2. The van der Waals surface area contributed by atoms with Gasteiger partial charge in [-0.3, -0.25) is 4.98 Å². The predicted molar refractivity (Wildman–Crippen MR) is 50.2 cm³/mol. The van der Waals surface area contributed by atoms with Crippen LogP contribution in [-0.4, -0.2) is 18.1 Å². The van der Waals surface area contributed by atoms with Crippen LogP contribution in [0.4, 0.5) is 0 Å². The second kappa shape index (κ2) is 4.77. The highest BCUT2D eigenvalue weighted by Crippen LogP contribution is 2.09. The van der Waals surface area contributed by atoms with Crippen LogP contribution in [0.5, 0.6) is 0 Å². The Morgan fingerprint density at radius 1 is 1.71 bits per heavy atom. The lowest BCUT2D eigenvalue weighted by Gasteiger charge is -2.01. The van der Waals surface area contributed by atoms with Gasteiger partial charge < -0.3 is 4.74 Å². The number of rotatable bonds is 2. The largest absolute Gasteiger partial charge is 0.465 e. The van der Waals surface area contributed by atoms with Crippen molar-refractivity contribution < 1.29 is 9.53 Å². The maximum absolute atomic E-state index is 11.2. The first-order chi connectivity index (χ1) is 6.79. The van der Waals surface area contributed by atoms with Crippen molar-refractivity contribution >= 4 is 12.0 Å². The van der Waals surface area contributed by atoms with Gasteiger partial charge in [0.2, 0.25) is 0 Å². The fourth-order valence-electron chi connectivity index (χ4n) is 0.962. The number of carbonyl (C=O) groups is 1. The summed E-state index contributed by atoms with van der Waals surface area (Å²) in [5, 5.41) is 8.34. The van der Waals surface area contributed by atoms with E-state index in [1.165, 1.54) is 31.7 Å². The molecule has 1 aromatic rings. The molecule has 0 unspecified atom stereocenters. The second-order valence-corrected chi connectivity index (χ2v) is 2.42. The first-order valence-electron chi connectivity index (χ1n) is 3.88. The van der Waals surface area contributed by atoms with Crippen LogP contribution in [0.25, 0.3) is 6.08 Å². The molecule has 0 aliphatic carbocycles. The van der Waals surface area contributed by atoms with Crippen LogP contribution in [0.2, 0.25) is 0 Å². The molecule has 0 atom stereocenters. The number of ether oxygens (including phenoxy) is 1. The summed E-state index contributed by atoms with van der Waals surface area (Å²) in [6, 6.07) is 3.38. The Balaban J connectivity index is 3.10. The van der Waals surface area contributed by atoms with Crippen LogP contribution in [0.15, 0.2) is 24.5 Å². The molecule has 0 saturated carbocycles. The second-order valence-electron chi connectivity index (χ2n) is 2.42. The van der Waals surface area contributed by atoms with E-state index >= 15 is 0 Å². The highest BCUT2D eigenvalue weighted by atomic mass is 16.5. The number of nitrogens with zero attached hydrogens (tertiary/aromatic N) is 2. The molecule has 0 N–H and O–H groups in total. The molecule has 0 spiro atoms. The smallest absolute Gasteiger partial charge is 0.338 e. The lowest BCUT2D eigenvalue weighted by Crippen LogP contribution is -2.03. The molecule has 14 heavy (non-hydrogen) atoms. The van der Waals surface area contributed by atoms with Crippen LogP contribution in [0.3, 0.4) is 0 Å². The maximum Gasteiger partial charge on any atom is 0.338 e. The van der Waals surface area contributed by atoms with Gasteiger partial charge in [0.25, 0.3) is 0 Å². The molecule has 1 heterocycles. The quantitative estimate of drug-likeness (QED) is 0.520. The summed E-state index contributed by atoms with van der Waals surface area (Å²) in [7, 11) is 1.31. The molecule has 1 rings (SSSR count). The number of carbonyl (C=O) groups excluding carboxylic acids is 1. The summed E-state index contributed by atoms with van der Waals surface area (Å²) in [6.07, 6.45) is 5.79. The summed E-state index contributed by atoms with van der Waals surface area (Å²) in [5.41, 5.74) is 0.968. The average Bonchev–Trinajstić information content (AvgIpc) is 2.25. The molecule has 0 amide bonds. The lowest BCUT2D eigenvalue weighted by molar-refractivity contribution is 0.0600. The Morgan fingerprint density at radius 3 is 3.14 bits per heavy atom. The summed E-state index contributed by atoms with van der Waals surface area (Å²) in [4.78, 5) is 15.1. The van der Waals surface area contributed by atoms with Crippen LogP contribution >= 0.6 is 0 Å². The van der Waals surface area contributed by atoms with Gasteiger partial charge in [-0.1, -0.05) is 0 Å². The van der Waals surface area contributed by atoms with Crippen molar-refractivity contribution in [1.29, 1.82) is 5.26 Å². The van der Waals surface area contributed by atoms with Crippen molar-refractivity contribution in [2.24, 2.45) is 0 Å². The zero-order chi connectivity index (χ0) is 10.4. The summed E-state index contributed by atoms with van der Waals surface area (Å²) in [6.45, 7) is 0. The number of nitriles is 1. The van der Waals surface area contributed by atoms with Crippen LogP contribution in [0, 0.1) is 11.3 Å². The van der Waals surface area contributed by atoms with Crippen LogP contribution < -0.4 is 0 Å². The number of hydrogen-bond acceptors (Lipinski definition) is 4. The number of methoxy groups -OCH3 is 1. The average molecular weight is 188 g/mol. The fraction of sp³-hybridized carbons (Fsp3) is 0.100. The number of pyridine rings is 1. The molecule has 0 aliphatic rings. The first kappa shape index (κ1) is 9.93. The predicted octanol–water partition coefficient (Wildman–Crippen LogP) is 1.40. The van der Waals surface area contributed by atoms with Gasteiger partial charge in [-0.05, 0) is 12.1 Å². The molecule has 0 saturated heterocycles. The van der Waals surface area contributed by atoms with Gasteiger partial charge in [-0.25, -0.2) is 4.79 Å². The van der Waals surface area contributed by atoms with Crippen molar-refractivity contribution in [2.75, 3.05) is 7.11 Å². The molecule has 0 bridgehead atoms. The van der Waals surface area contributed by atoms with Crippen LogP contribution in [0.1, 0.15) is 15.9 Å². The molecule has 0 aromatic carbocycles. The topological polar surface area (TPSA) is 63.0 Å². The van der Waals surface area contributed by atoms with Crippen molar-refractivity contribution in [3.8, 4) is 6.07 Å². The van der Waals surface area contributed by atoms with Crippen LogP contribution in [-0.2, 0) is 4.74 Å². The van der Waals surface area contributed by atoms with Crippen molar-refractivity contribution in [3.05, 3.63) is 35.7 Å². The van der Waals surface area contributed by atoms with Crippen molar-refractivity contribution in [3.63, 3.8) is 0 Å². The molecule has 4 nitrogen and oxygen atoms in total. The Morgan fingerprint density at radius 2 is 2.50 bits per heavy atom. The monoisotopic (exact) mass is 188 g/mol. The highest BCUT2D eigenvalue weighted by Gasteiger charge is 2.08. The minimum atomic E-state index is -0.440. The molecular weight excluding hydrogens is 180 g/mol. The van der Waals surface area contributed by atoms with E-state index in [1.54, 1.807) is 6.07 Å². The standard InChI is InChI=1S/C10H8N2O2/c1-14-10(13)9-4-6-12-7-8(9)3-2-5-11/h2-4,6-7H,1H3. The van der Waals surface area contributed by atoms with Gasteiger partial charge >= 0.3 is 5.97 Å². The Kier molecular flexibility index (Phi) is 3.39. The van der Waals surface area contributed by atoms with E-state index in [1.807, 2.05) is 6.07 Å². The van der Waals surface area contributed by atoms with E-state index in [9.17, 15) is 4.79 Å². The molecule has 0 aliphatic heterocycles. The zero-order valence-corrected chi connectivity index (χ0v) is 7.60. The lowest BCUT2D eigenvalue weighted by atomic mass is 10.1. The van der Waals surface area contributed by atoms with E-state index in [-0.39, 0.29) is 0 Å². The van der Waals surface area contributed by atoms with E-state index in [4.69, 9.17) is 5.26 Å². The van der Waals surface area contributed by atoms with E-state index in [2.05, 4.69) is 9.72 Å². The fourth-order valence-corrected chi connectivity index (χ4v) is 0.962. The number of aromatic nitrogens is 1. The van der Waals surface area contributed by atoms with Gasteiger partial charge in [-0.2, -0.15) is 5.26 Å². The highest BCUT2D eigenvalue weighted by molar-refractivity contribution is 5.93. The summed E-state index contributed by atoms with van der Waals surface area (Å²) in [5.74, 6) is -0.440. The van der Waals surface area contributed by atoms with Gasteiger partial charge in [0.1, 0.15) is 0 Å². The third-order valence-corrected chi connectivity index (χ3v) is 1.59. The number of hydrogen-bond donors (Lipinski definition) is 0. The van der Waals surface area contributed by atoms with E-state index in [0.717, 1.165) is 0 Å². The van der Waals surface area contributed by atoms with Gasteiger partial charge in [0, 0.05) is 24.0 Å².